The van der Waals surface area contributed by atoms with Gasteiger partial charge in [0.15, 0.2) is 0 Å². The number of aryl methyl sites for hydroxylation is 2. The molecule has 2 saturated heterocycles. The molecule has 0 N–H and O–H groups in total. The van der Waals surface area contributed by atoms with Gasteiger partial charge in [-0.1, -0.05) is 84.9 Å². The van der Waals surface area contributed by atoms with Crippen LogP contribution in [0, 0.1) is 0 Å². The zero-order chi connectivity index (χ0) is 25.9. The summed E-state index contributed by atoms with van der Waals surface area (Å²) in [7, 11) is 0. The molecule has 2 aliphatic heterocycles. The van der Waals surface area contributed by atoms with Crippen molar-refractivity contribution in [1.29, 1.82) is 0 Å². The molecule has 6 rings (SSSR count). The minimum absolute atomic E-state index is 0.0236. The highest BCUT2D eigenvalue weighted by Crippen LogP contribution is 2.42. The lowest BCUT2D eigenvalue weighted by atomic mass is 10.0. The predicted molar refractivity (Wildman–Crippen MR) is 159 cm³/mol. The highest BCUT2D eigenvalue weighted by molar-refractivity contribution is 8.01. The second-order valence-corrected chi connectivity index (χ2v) is 11.6. The summed E-state index contributed by atoms with van der Waals surface area (Å²) in [4.78, 5) is 29.2. The summed E-state index contributed by atoms with van der Waals surface area (Å²) in [5.41, 5.74) is 6.68. The maximum Gasteiger partial charge on any atom is 0.238 e. The normalized spacial score (nSPS) is 19.4. The second kappa shape index (κ2) is 11.1. The van der Waals surface area contributed by atoms with Gasteiger partial charge in [0.2, 0.25) is 11.8 Å². The summed E-state index contributed by atoms with van der Waals surface area (Å²) in [5, 5.41) is 0.0471. The van der Waals surface area contributed by atoms with Gasteiger partial charge in [-0.15, -0.1) is 23.5 Å². The van der Waals surface area contributed by atoms with E-state index in [1.54, 1.807) is 23.5 Å². The van der Waals surface area contributed by atoms with E-state index in [1.807, 2.05) is 46.2 Å². The van der Waals surface area contributed by atoms with Crippen molar-refractivity contribution in [2.24, 2.45) is 0 Å². The quantitative estimate of drug-likeness (QED) is 0.254. The van der Waals surface area contributed by atoms with E-state index in [-0.39, 0.29) is 22.6 Å². The third kappa shape index (κ3) is 5.11. The van der Waals surface area contributed by atoms with Gasteiger partial charge >= 0.3 is 0 Å². The summed E-state index contributed by atoms with van der Waals surface area (Å²) >= 11 is 3.36. The molecule has 0 aromatic heterocycles. The van der Waals surface area contributed by atoms with Crippen molar-refractivity contribution in [2.75, 3.05) is 21.3 Å². The van der Waals surface area contributed by atoms with E-state index in [4.69, 9.17) is 0 Å². The molecule has 2 heterocycles. The van der Waals surface area contributed by atoms with Gasteiger partial charge in [-0.3, -0.25) is 19.4 Å². The minimum atomic E-state index is 0.0236. The monoisotopic (exact) mass is 536 g/mol. The van der Waals surface area contributed by atoms with E-state index < -0.39 is 0 Å². The smallest absolute Gasteiger partial charge is 0.238 e. The molecule has 4 aromatic rings. The van der Waals surface area contributed by atoms with Gasteiger partial charge in [-0.2, -0.15) is 0 Å². The van der Waals surface area contributed by atoms with Crippen LogP contribution in [0.3, 0.4) is 0 Å². The Hall–Kier alpha value is -3.48. The second-order valence-electron chi connectivity index (χ2n) is 9.51. The third-order valence-electron chi connectivity index (χ3n) is 7.04. The molecule has 4 aromatic carbocycles. The fourth-order valence-electron chi connectivity index (χ4n) is 5.07. The molecule has 0 bridgehead atoms. The SMILES string of the molecule is O=C1CS[C@@H](c2ccccc2)N1c1ccc(CCc2ccc(N3C(=O)CS[C@H]3c3ccccc3)cc2)cc1. The maximum atomic E-state index is 12.7. The fourth-order valence-corrected chi connectivity index (χ4v) is 7.42. The van der Waals surface area contributed by atoms with E-state index in [0.29, 0.717) is 11.5 Å². The fraction of sp³-hybridized carbons (Fsp3) is 0.188. The number of hydrogen-bond acceptors (Lipinski definition) is 4. The number of nitrogens with zero attached hydrogens (tertiary/aromatic N) is 2. The highest BCUT2D eigenvalue weighted by atomic mass is 32.2. The lowest BCUT2D eigenvalue weighted by Crippen LogP contribution is -2.27. The first-order valence-corrected chi connectivity index (χ1v) is 14.9. The minimum Gasteiger partial charge on any atom is -0.295 e. The summed E-state index contributed by atoms with van der Waals surface area (Å²) in [6.45, 7) is 0. The van der Waals surface area contributed by atoms with Crippen LogP contribution in [0.15, 0.2) is 109 Å². The molecular weight excluding hydrogens is 508 g/mol. The highest BCUT2D eigenvalue weighted by Gasteiger charge is 2.34. The third-order valence-corrected chi connectivity index (χ3v) is 9.46. The molecule has 190 valence electrons. The van der Waals surface area contributed by atoms with Crippen LogP contribution in [-0.2, 0) is 22.4 Å². The van der Waals surface area contributed by atoms with E-state index in [0.717, 1.165) is 35.3 Å². The molecule has 38 heavy (non-hydrogen) atoms. The maximum absolute atomic E-state index is 12.7. The number of rotatable bonds is 7. The molecule has 2 fully saturated rings. The van der Waals surface area contributed by atoms with Crippen molar-refractivity contribution >= 4 is 46.7 Å². The molecule has 2 aliphatic rings. The number of thioether (sulfide) groups is 2. The van der Waals surface area contributed by atoms with Crippen LogP contribution in [0.25, 0.3) is 0 Å². The molecule has 0 aliphatic carbocycles. The van der Waals surface area contributed by atoms with Crippen LogP contribution in [0.1, 0.15) is 33.0 Å². The van der Waals surface area contributed by atoms with Crippen LogP contribution < -0.4 is 9.80 Å². The van der Waals surface area contributed by atoms with Crippen molar-refractivity contribution in [1.82, 2.24) is 0 Å². The average molecular weight is 537 g/mol. The Balaban J connectivity index is 1.11. The van der Waals surface area contributed by atoms with E-state index in [9.17, 15) is 9.59 Å². The van der Waals surface area contributed by atoms with Crippen molar-refractivity contribution < 1.29 is 9.59 Å². The molecule has 6 heteroatoms. The van der Waals surface area contributed by atoms with Crippen LogP contribution in [0.4, 0.5) is 11.4 Å². The van der Waals surface area contributed by atoms with Crippen LogP contribution in [0.5, 0.6) is 0 Å². The lowest BCUT2D eigenvalue weighted by molar-refractivity contribution is -0.116. The molecule has 0 spiro atoms. The number of carbonyl (C=O) groups is 2. The first-order valence-electron chi connectivity index (χ1n) is 12.8. The Morgan fingerprint density at radius 3 is 1.26 bits per heavy atom. The van der Waals surface area contributed by atoms with Gasteiger partial charge in [0.25, 0.3) is 0 Å². The first-order chi connectivity index (χ1) is 18.7. The van der Waals surface area contributed by atoms with Gasteiger partial charge in [0, 0.05) is 11.4 Å². The lowest BCUT2D eigenvalue weighted by Gasteiger charge is -2.24. The Bertz CT molecular complexity index is 1300. The Labute approximate surface area is 232 Å². The van der Waals surface area contributed by atoms with Crippen LogP contribution >= 0.6 is 23.5 Å². The van der Waals surface area contributed by atoms with E-state index >= 15 is 0 Å². The van der Waals surface area contributed by atoms with Gasteiger partial charge < -0.3 is 0 Å². The van der Waals surface area contributed by atoms with Gasteiger partial charge in [-0.25, -0.2) is 0 Å². The molecule has 2 atom stereocenters. The molecule has 0 saturated carbocycles. The molecule has 2 amide bonds. The average Bonchev–Trinajstić information content (AvgIpc) is 3.56. The zero-order valence-electron chi connectivity index (χ0n) is 20.9. The van der Waals surface area contributed by atoms with Crippen molar-refractivity contribution in [2.45, 2.75) is 23.6 Å². The molecule has 0 unspecified atom stereocenters. The van der Waals surface area contributed by atoms with Crippen molar-refractivity contribution in [3.63, 3.8) is 0 Å². The largest absolute Gasteiger partial charge is 0.295 e. The number of anilines is 2. The summed E-state index contributed by atoms with van der Waals surface area (Å²) < 4.78 is 0. The van der Waals surface area contributed by atoms with Crippen LogP contribution in [0.2, 0.25) is 0 Å². The Morgan fingerprint density at radius 2 is 0.895 bits per heavy atom. The number of amides is 2. The topological polar surface area (TPSA) is 40.6 Å². The number of benzene rings is 4. The van der Waals surface area contributed by atoms with Crippen molar-refractivity contribution in [3.05, 3.63) is 131 Å². The summed E-state index contributed by atoms with van der Waals surface area (Å²) in [5.74, 6) is 1.32. The van der Waals surface area contributed by atoms with E-state index in [1.165, 1.54) is 11.1 Å². The predicted octanol–water partition coefficient (Wildman–Crippen LogP) is 7.03. The Morgan fingerprint density at radius 1 is 0.526 bits per heavy atom. The van der Waals surface area contributed by atoms with Gasteiger partial charge in [0.05, 0.1) is 11.5 Å². The van der Waals surface area contributed by atoms with Gasteiger partial charge in [0.1, 0.15) is 10.7 Å². The zero-order valence-corrected chi connectivity index (χ0v) is 22.5. The standard InChI is InChI=1S/C32H28N2O2S2/c35-29-21-37-31(25-7-3-1-4-8-25)33(29)27-17-13-23(14-18-27)11-12-24-15-19-28(20-16-24)34-30(36)22-38-32(34)26-9-5-2-6-10-26/h1-10,13-20,31-32H,11-12,21-22H2/t31-,32-/m0/s1. The first kappa shape index (κ1) is 24.8. The van der Waals surface area contributed by atoms with Crippen LogP contribution in [-0.4, -0.2) is 23.3 Å². The summed E-state index contributed by atoms with van der Waals surface area (Å²) in [6.07, 6.45) is 1.82. The van der Waals surface area contributed by atoms with Crippen molar-refractivity contribution in [3.8, 4) is 0 Å². The number of carbonyl (C=O) groups excluding carboxylic acids is 2. The molecule has 4 nitrogen and oxygen atoms in total. The number of hydrogen-bond donors (Lipinski definition) is 0. The van der Waals surface area contributed by atoms with E-state index in [2.05, 4.69) is 72.8 Å². The summed E-state index contributed by atoms with van der Waals surface area (Å²) in [6, 6.07) is 37.2. The molecule has 0 radical (unpaired) electrons. The van der Waals surface area contributed by atoms with Gasteiger partial charge in [-0.05, 0) is 59.4 Å². The Kier molecular flexibility index (Phi) is 7.25. The molecular formula is C32H28N2O2S2.